The zero-order valence-electron chi connectivity index (χ0n) is 35.5. The summed E-state index contributed by atoms with van der Waals surface area (Å²) in [5.74, 6) is 1.05. The van der Waals surface area contributed by atoms with E-state index in [9.17, 15) is 24.3 Å². The van der Waals surface area contributed by atoms with E-state index in [-0.39, 0.29) is 46.0 Å². The number of fused-ring (bicyclic) bond motifs is 7. The van der Waals surface area contributed by atoms with E-state index in [0.29, 0.717) is 49.0 Å². The van der Waals surface area contributed by atoms with Crippen LogP contribution in [0.15, 0.2) is 35.5 Å². The molecule has 1 N–H and O–H groups in total. The van der Waals surface area contributed by atoms with Gasteiger partial charge in [-0.2, -0.15) is 0 Å². The van der Waals surface area contributed by atoms with Gasteiger partial charge in [0, 0.05) is 44.1 Å². The number of likely N-dealkylation sites (N-methyl/N-ethyl adjacent to an activating group) is 1. The minimum atomic E-state index is -1.16. The van der Waals surface area contributed by atoms with E-state index >= 15 is 0 Å². The molecule has 4 saturated carbocycles. The Kier molecular flexibility index (Phi) is 11.4. The van der Waals surface area contributed by atoms with Crippen LogP contribution in [-0.4, -0.2) is 76.8 Å². The number of allylic oxidation sites excluding steroid dienone is 2. The number of amides is 1. The van der Waals surface area contributed by atoms with Crippen LogP contribution >= 0.6 is 0 Å². The number of carboxylic acids is 1. The zero-order valence-corrected chi connectivity index (χ0v) is 35.5. The van der Waals surface area contributed by atoms with Crippen molar-refractivity contribution in [2.24, 2.45) is 56.7 Å². The number of hydrogen-bond acceptors (Lipinski definition) is 7. The van der Waals surface area contributed by atoms with Crippen LogP contribution in [0.3, 0.4) is 0 Å². The maximum Gasteiger partial charge on any atom is 0.309 e. The molecule has 0 aromatic carbocycles. The third-order valence-corrected chi connectivity index (χ3v) is 16.0. The van der Waals surface area contributed by atoms with Crippen molar-refractivity contribution < 1.29 is 29.0 Å². The Morgan fingerprint density at radius 1 is 0.964 bits per heavy atom. The standard InChI is InChI=1S/C46H69N3O6/c1-29(2)39-33(50)25-46(22-24-49(28-37(51)48(9)10)27-30-13-11-12-23-47-30)21-16-32-31(40(39)46)14-15-35-44(32,7)19-17-34-43(5,6)36(18-20-45(34,35)8)55-38(52)26-42(3,4)41(53)54/h11-13,23,29,31-32,34-36H,14-22,24-28H2,1-10H3,(H,53,54). The number of ether oxygens (including phenoxy) is 1. The third kappa shape index (κ3) is 7.45. The second-order valence-electron chi connectivity index (χ2n) is 20.6. The highest BCUT2D eigenvalue weighted by molar-refractivity contribution is 6.00. The average Bonchev–Trinajstić information content (AvgIpc) is 3.41. The van der Waals surface area contributed by atoms with Gasteiger partial charge in [-0.3, -0.25) is 29.1 Å². The van der Waals surface area contributed by atoms with Crippen molar-refractivity contribution in [3.05, 3.63) is 41.2 Å². The van der Waals surface area contributed by atoms with E-state index in [1.807, 2.05) is 38.5 Å². The van der Waals surface area contributed by atoms with Gasteiger partial charge < -0.3 is 14.7 Å². The molecule has 55 heavy (non-hydrogen) atoms. The first-order valence-electron chi connectivity index (χ1n) is 21.2. The van der Waals surface area contributed by atoms with Gasteiger partial charge in [0.25, 0.3) is 0 Å². The maximum atomic E-state index is 14.1. The van der Waals surface area contributed by atoms with Crippen LogP contribution in [-0.2, 0) is 30.5 Å². The molecule has 8 unspecified atom stereocenters. The number of aromatic nitrogens is 1. The lowest BCUT2D eigenvalue weighted by Crippen LogP contribution is -2.63. The van der Waals surface area contributed by atoms with Crippen molar-refractivity contribution >= 4 is 23.6 Å². The Balaban J connectivity index is 1.24. The van der Waals surface area contributed by atoms with Crippen LogP contribution in [0.5, 0.6) is 0 Å². The minimum Gasteiger partial charge on any atom is -0.481 e. The number of esters is 1. The molecule has 0 spiro atoms. The summed E-state index contributed by atoms with van der Waals surface area (Å²) in [4.78, 5) is 60.5. The molecule has 304 valence electrons. The SMILES string of the molecule is CC(C)C1=C2C3CCC4C(C)(CCC5C(C)(C)C(OC(=O)CC(C)(C)C(=O)O)CCC54C)C3CCC2(CCN(CC(=O)N(C)C)Cc2ccccn2)CC1=O. The Morgan fingerprint density at radius 3 is 2.31 bits per heavy atom. The molecular formula is C46H69N3O6. The molecule has 1 aromatic heterocycles. The predicted octanol–water partition coefficient (Wildman–Crippen LogP) is 8.37. The molecule has 0 saturated heterocycles. The largest absolute Gasteiger partial charge is 0.481 e. The lowest BCUT2D eigenvalue weighted by molar-refractivity contribution is -0.214. The number of carboxylic acid groups (broad SMARTS) is 1. The second-order valence-corrected chi connectivity index (χ2v) is 20.6. The van der Waals surface area contributed by atoms with Crippen molar-refractivity contribution in [3.8, 4) is 0 Å². The average molecular weight is 760 g/mol. The molecule has 0 bridgehead atoms. The van der Waals surface area contributed by atoms with Crippen molar-refractivity contribution in [1.29, 1.82) is 0 Å². The van der Waals surface area contributed by atoms with Crippen LogP contribution < -0.4 is 0 Å². The van der Waals surface area contributed by atoms with Crippen LogP contribution in [0, 0.1) is 56.7 Å². The van der Waals surface area contributed by atoms with E-state index in [0.717, 1.165) is 75.6 Å². The highest BCUT2D eigenvalue weighted by atomic mass is 16.5. The molecule has 1 amide bonds. The number of pyridine rings is 1. The summed E-state index contributed by atoms with van der Waals surface area (Å²) in [6.45, 7) is 18.9. The van der Waals surface area contributed by atoms with Crippen molar-refractivity contribution in [2.75, 3.05) is 27.2 Å². The van der Waals surface area contributed by atoms with Gasteiger partial charge in [-0.25, -0.2) is 0 Å². The monoisotopic (exact) mass is 760 g/mol. The fraction of sp³-hybridized carbons (Fsp3) is 0.761. The first-order chi connectivity index (χ1) is 25.7. The second kappa shape index (κ2) is 15.0. The molecule has 4 fully saturated rings. The minimum absolute atomic E-state index is 0.0751. The number of carbonyl (C=O) groups excluding carboxylic acids is 3. The molecule has 0 aliphatic heterocycles. The smallest absolute Gasteiger partial charge is 0.309 e. The van der Waals surface area contributed by atoms with Crippen molar-refractivity contribution in [1.82, 2.24) is 14.8 Å². The van der Waals surface area contributed by atoms with E-state index < -0.39 is 17.4 Å². The molecule has 5 aliphatic carbocycles. The van der Waals surface area contributed by atoms with Crippen LogP contribution in [0.1, 0.15) is 132 Å². The lowest BCUT2D eigenvalue weighted by Gasteiger charge is -2.69. The quantitative estimate of drug-likeness (QED) is 0.212. The molecule has 1 heterocycles. The van der Waals surface area contributed by atoms with E-state index in [1.165, 1.54) is 5.57 Å². The Hall–Kier alpha value is -3.07. The zero-order chi connectivity index (χ0) is 40.3. The molecular weight excluding hydrogens is 691 g/mol. The van der Waals surface area contributed by atoms with Crippen LogP contribution in [0.2, 0.25) is 0 Å². The number of aliphatic carboxylic acids is 1. The summed E-state index contributed by atoms with van der Waals surface area (Å²) in [5, 5.41) is 9.62. The lowest BCUT2D eigenvalue weighted by atomic mass is 9.36. The number of nitrogens with zero attached hydrogens (tertiary/aromatic N) is 3. The van der Waals surface area contributed by atoms with Gasteiger partial charge in [-0.05, 0) is 136 Å². The van der Waals surface area contributed by atoms with Gasteiger partial charge in [0.1, 0.15) is 6.10 Å². The van der Waals surface area contributed by atoms with Gasteiger partial charge in [0.2, 0.25) is 5.91 Å². The van der Waals surface area contributed by atoms with Gasteiger partial charge >= 0.3 is 11.9 Å². The highest BCUT2D eigenvalue weighted by Crippen LogP contribution is 2.73. The molecule has 5 aliphatic rings. The molecule has 0 radical (unpaired) electrons. The number of rotatable bonds is 12. The summed E-state index contributed by atoms with van der Waals surface area (Å²) in [6.07, 6.45) is 11.3. The predicted molar refractivity (Wildman–Crippen MR) is 214 cm³/mol. The summed E-state index contributed by atoms with van der Waals surface area (Å²) < 4.78 is 6.17. The number of Topliss-reactive ketones (excluding diaryl/α,β-unsaturated/α-hetero) is 1. The van der Waals surface area contributed by atoms with Gasteiger partial charge in [-0.15, -0.1) is 0 Å². The normalized spacial score (nSPS) is 34.1. The van der Waals surface area contributed by atoms with Crippen molar-refractivity contribution in [2.45, 2.75) is 139 Å². The van der Waals surface area contributed by atoms with Crippen LogP contribution in [0.4, 0.5) is 0 Å². The molecule has 9 nitrogen and oxygen atoms in total. The summed E-state index contributed by atoms with van der Waals surface area (Å²) in [5.41, 5.74) is 2.23. The maximum absolute atomic E-state index is 14.1. The first kappa shape index (κ1) is 41.6. The fourth-order valence-corrected chi connectivity index (χ4v) is 13.2. The highest BCUT2D eigenvalue weighted by Gasteiger charge is 2.66. The topological polar surface area (TPSA) is 117 Å². The van der Waals surface area contributed by atoms with E-state index in [1.54, 1.807) is 18.7 Å². The number of carbonyl (C=O) groups is 4. The summed E-state index contributed by atoms with van der Waals surface area (Å²) in [6, 6.07) is 5.94. The Morgan fingerprint density at radius 2 is 1.67 bits per heavy atom. The summed E-state index contributed by atoms with van der Waals surface area (Å²) >= 11 is 0. The Labute approximate surface area is 330 Å². The summed E-state index contributed by atoms with van der Waals surface area (Å²) in [7, 11) is 3.62. The van der Waals surface area contributed by atoms with Gasteiger partial charge in [-0.1, -0.05) is 53.2 Å². The van der Waals surface area contributed by atoms with Crippen molar-refractivity contribution in [3.63, 3.8) is 0 Å². The molecule has 9 heteroatoms. The molecule has 1 aromatic rings. The Bertz CT molecular complexity index is 1680. The van der Waals surface area contributed by atoms with Gasteiger partial charge in [0.15, 0.2) is 5.78 Å². The molecule has 6 rings (SSSR count). The number of hydrogen-bond donors (Lipinski definition) is 1. The van der Waals surface area contributed by atoms with E-state index in [2.05, 4.69) is 51.4 Å². The van der Waals surface area contributed by atoms with Gasteiger partial charge in [0.05, 0.1) is 24.1 Å². The first-order valence-corrected chi connectivity index (χ1v) is 21.2. The van der Waals surface area contributed by atoms with Crippen LogP contribution in [0.25, 0.3) is 0 Å². The number of ketones is 1. The third-order valence-electron chi connectivity index (χ3n) is 16.0. The van der Waals surface area contributed by atoms with E-state index in [4.69, 9.17) is 4.74 Å². The molecule has 8 atom stereocenters. The fourth-order valence-electron chi connectivity index (χ4n) is 13.2.